The van der Waals surface area contributed by atoms with E-state index in [1.165, 1.54) is 42.8 Å². The van der Waals surface area contributed by atoms with E-state index in [9.17, 15) is 38.7 Å². The smallest absolute Gasteiger partial charge is 0.409 e. The molecule has 2 saturated heterocycles. The summed E-state index contributed by atoms with van der Waals surface area (Å²) >= 11 is 8.35. The van der Waals surface area contributed by atoms with Gasteiger partial charge in [-0.1, -0.05) is 78.2 Å². The van der Waals surface area contributed by atoms with E-state index in [0.717, 1.165) is 27.5 Å². The number of carbonyl (C=O) groups excluding carboxylic acids is 7. The summed E-state index contributed by atoms with van der Waals surface area (Å²) in [6, 6.07) is 14.7. The van der Waals surface area contributed by atoms with E-state index in [1.54, 1.807) is 106 Å². The van der Waals surface area contributed by atoms with Gasteiger partial charge in [-0.15, -0.1) is 0 Å². The molecule has 0 saturated carbocycles. The first-order valence-electron chi connectivity index (χ1n) is 26.8. The van der Waals surface area contributed by atoms with Crippen LogP contribution in [-0.2, 0) is 59.9 Å². The van der Waals surface area contributed by atoms with E-state index < -0.39 is 77.6 Å². The first-order chi connectivity index (χ1) is 38.5. The molecule has 2 fully saturated rings. The van der Waals surface area contributed by atoms with Gasteiger partial charge in [0.25, 0.3) is 0 Å². The van der Waals surface area contributed by atoms with Gasteiger partial charge in [-0.3, -0.25) is 29.3 Å². The van der Waals surface area contributed by atoms with Crippen LogP contribution in [-0.4, -0.2) is 144 Å². The van der Waals surface area contributed by atoms with Crippen molar-refractivity contribution in [2.24, 2.45) is 11.8 Å². The van der Waals surface area contributed by atoms with Crippen molar-refractivity contribution in [2.45, 2.75) is 145 Å². The Bertz CT molecular complexity index is 2790. The lowest BCUT2D eigenvalue weighted by molar-refractivity contribution is -0.162. The minimum absolute atomic E-state index is 0.0388. The molecule has 1 aromatic heterocycles. The van der Waals surface area contributed by atoms with Gasteiger partial charge in [-0.05, 0) is 98.9 Å². The molecule has 3 aromatic rings. The van der Waals surface area contributed by atoms with Gasteiger partial charge >= 0.3 is 12.1 Å². The number of amides is 5. The lowest BCUT2D eigenvalue weighted by Crippen LogP contribution is -2.63. The van der Waals surface area contributed by atoms with Crippen molar-refractivity contribution in [1.29, 1.82) is 0 Å². The number of methoxy groups -OCH3 is 2. The van der Waals surface area contributed by atoms with Gasteiger partial charge in [0, 0.05) is 87.9 Å². The Morgan fingerprint density at radius 2 is 1.79 bits per heavy atom. The molecule has 5 amide bonds. The minimum Gasteiger partial charge on any atom is -0.495 e. The fourth-order valence-electron chi connectivity index (χ4n) is 9.45. The number of rotatable bonds is 22. The SMILES string of the molecule is COc1cc2cc(c1Cl)N(C)C(=O)CC(OC(=O)C(C)N(C)C(=O)CCSCc1ccc(NC(=O)C(C)CC(=O)C(C)NC(=O)CCCSSc3ccccn3)cc1)C1(C)OC1C(C)C1CC(O)(NC(=O)O1)C(OC)/C=C/C=C(\C)C2. The minimum atomic E-state index is -1.87. The normalized spacial score (nSPS) is 25.0. The zero-order valence-corrected chi connectivity index (χ0v) is 50.7. The molecule has 81 heavy (non-hydrogen) atoms. The van der Waals surface area contributed by atoms with Crippen LogP contribution in [0, 0.1) is 11.8 Å². The van der Waals surface area contributed by atoms with Gasteiger partial charge < -0.3 is 49.2 Å². The number of fused-ring (bicyclic) bond motifs is 5. The molecule has 6 rings (SSSR count). The van der Waals surface area contributed by atoms with E-state index in [-0.39, 0.29) is 60.6 Å². The van der Waals surface area contributed by atoms with Crippen LogP contribution in [0.1, 0.15) is 91.2 Å². The van der Waals surface area contributed by atoms with Gasteiger partial charge in [0.05, 0.1) is 31.4 Å². The highest BCUT2D eigenvalue weighted by Gasteiger charge is 2.64. The Labute approximate surface area is 491 Å². The van der Waals surface area contributed by atoms with Gasteiger partial charge in [-0.25, -0.2) is 14.6 Å². The Kier molecular flexibility index (Phi) is 23.6. The van der Waals surface area contributed by atoms with Gasteiger partial charge in [0.2, 0.25) is 23.6 Å². The predicted octanol–water partition coefficient (Wildman–Crippen LogP) is 8.49. The van der Waals surface area contributed by atoms with Crippen molar-refractivity contribution in [3.63, 3.8) is 0 Å². The van der Waals surface area contributed by atoms with Crippen molar-refractivity contribution >= 4 is 97.8 Å². The van der Waals surface area contributed by atoms with Crippen LogP contribution in [0.3, 0.4) is 0 Å². The molecule has 0 radical (unpaired) electrons. The quantitative estimate of drug-likeness (QED) is 0.0319. The third kappa shape index (κ3) is 17.7. The number of anilines is 2. The van der Waals surface area contributed by atoms with Crippen molar-refractivity contribution in [1.82, 2.24) is 20.5 Å². The number of epoxide rings is 1. The highest BCUT2D eigenvalue weighted by atomic mass is 35.5. The second kappa shape index (κ2) is 29.6. The Hall–Kier alpha value is -5.62. The highest BCUT2D eigenvalue weighted by Crippen LogP contribution is 2.49. The number of alkyl carbamates (subject to hydrolysis) is 1. The number of nitrogens with zero attached hydrogens (tertiary/aromatic N) is 3. The highest BCUT2D eigenvalue weighted by molar-refractivity contribution is 8.76. The summed E-state index contributed by atoms with van der Waals surface area (Å²) in [4.78, 5) is 101. The van der Waals surface area contributed by atoms with Gasteiger partial charge in [-0.2, -0.15) is 11.8 Å². The van der Waals surface area contributed by atoms with Crippen LogP contribution in [0.15, 0.2) is 89.6 Å². The molecule has 3 aliphatic heterocycles. The van der Waals surface area contributed by atoms with Gasteiger partial charge in [0.1, 0.15) is 45.8 Å². The van der Waals surface area contributed by atoms with Crippen LogP contribution in [0.2, 0.25) is 5.02 Å². The number of Topliss-reactive ketones (excluding diaryl/α,β-unsaturated/α-hetero) is 1. The number of ether oxygens (including phenoxy) is 5. The number of thioether (sulfide) groups is 1. The van der Waals surface area contributed by atoms with Crippen LogP contribution in [0.5, 0.6) is 5.75 Å². The molecule has 4 heterocycles. The molecule has 0 aliphatic carbocycles. The molecule has 10 atom stereocenters. The molecular weight excluding hydrogens is 1120 g/mol. The monoisotopic (exact) mass is 1190 g/mol. The predicted molar refractivity (Wildman–Crippen MR) is 315 cm³/mol. The van der Waals surface area contributed by atoms with Crippen molar-refractivity contribution in [3.05, 3.63) is 101 Å². The standard InChI is InChI=1S/C58H75ClN6O13S3/c1-34-15-13-16-46(75-10)58(73)32-45(76-56(72)63-58)36(3)53-57(6,78-53)47(31-51(69)65(8)42-29-40(27-34)30-44(74-9)52(42)59)77-55(71)38(5)64(7)50(68)23-26-79-33-39-19-21-41(22-20-39)62-54(70)35(2)28-43(66)37(4)61-48(67)17-14-25-80-81-49-18-11-12-24-60-49/h11-13,15-16,18-22,24,29-30,35-38,45-47,53,73H,14,17,23,25-28,31-33H2,1-10H3,(H,61,67)(H,62,70)(H,63,72)/b16-13+,34-15+. The summed E-state index contributed by atoms with van der Waals surface area (Å²) in [5.41, 5.74) is 0.397. The topological polar surface area (TPSA) is 245 Å². The van der Waals surface area contributed by atoms with Crippen LogP contribution in [0.25, 0.3) is 0 Å². The molecule has 3 aliphatic rings. The van der Waals surface area contributed by atoms with Crippen LogP contribution < -0.4 is 25.6 Å². The molecule has 440 valence electrons. The van der Waals surface area contributed by atoms with Crippen molar-refractivity contribution in [3.8, 4) is 5.75 Å². The molecule has 2 aromatic carbocycles. The Morgan fingerprint density at radius 3 is 2.48 bits per heavy atom. The average molecular weight is 1200 g/mol. The van der Waals surface area contributed by atoms with Gasteiger partial charge in [0.15, 0.2) is 11.5 Å². The zero-order chi connectivity index (χ0) is 59.2. The molecule has 4 N–H and O–H groups in total. The second-order valence-corrected chi connectivity index (χ2v) is 24.8. The fourth-order valence-corrected chi connectivity index (χ4v) is 12.6. The number of ketones is 1. The van der Waals surface area contributed by atoms with E-state index in [2.05, 4.69) is 20.9 Å². The number of carbonyl (C=O) groups is 7. The number of aliphatic hydroxyl groups is 1. The summed E-state index contributed by atoms with van der Waals surface area (Å²) in [6.45, 7) is 10.2. The molecular formula is C58H75ClN6O13S3. The molecule has 4 bridgehead atoms. The zero-order valence-electron chi connectivity index (χ0n) is 47.5. The maximum absolute atomic E-state index is 14.4. The number of halogens is 1. The fraction of sp³-hybridized carbons (Fsp3) is 0.517. The average Bonchev–Trinajstić information content (AvgIpc) is 2.52. The lowest BCUT2D eigenvalue weighted by atomic mass is 9.83. The number of aromatic nitrogens is 1. The summed E-state index contributed by atoms with van der Waals surface area (Å²) in [5, 5.41) is 21.1. The lowest BCUT2D eigenvalue weighted by Gasteiger charge is -2.42. The number of pyridine rings is 1. The molecule has 0 spiro atoms. The summed E-state index contributed by atoms with van der Waals surface area (Å²) in [7, 11) is 9.13. The number of hydrogen-bond acceptors (Lipinski definition) is 17. The molecule has 19 nitrogen and oxygen atoms in total. The summed E-state index contributed by atoms with van der Waals surface area (Å²) in [6.07, 6.45) is 3.28. The third-order valence-electron chi connectivity index (χ3n) is 14.7. The Morgan fingerprint density at radius 1 is 1.05 bits per heavy atom. The summed E-state index contributed by atoms with van der Waals surface area (Å²) < 4.78 is 29.5. The van der Waals surface area contributed by atoms with E-state index in [4.69, 9.17) is 35.3 Å². The third-order valence-corrected chi connectivity index (χ3v) is 18.5. The van der Waals surface area contributed by atoms with E-state index >= 15 is 0 Å². The molecule has 10 unspecified atom stereocenters. The first kappa shape index (κ1) is 64.5. The van der Waals surface area contributed by atoms with E-state index in [0.29, 0.717) is 41.5 Å². The number of hydrogen-bond donors (Lipinski definition) is 4. The number of benzene rings is 2. The molecule has 23 heteroatoms. The maximum Gasteiger partial charge on any atom is 0.409 e. The number of nitrogens with one attached hydrogen (secondary N) is 3. The number of esters is 1. The largest absolute Gasteiger partial charge is 0.495 e. The van der Waals surface area contributed by atoms with E-state index in [1.807, 2.05) is 43.3 Å². The summed E-state index contributed by atoms with van der Waals surface area (Å²) in [5.74, 6) is -1.48. The van der Waals surface area contributed by atoms with Crippen LogP contribution in [0.4, 0.5) is 16.2 Å². The first-order valence-corrected chi connectivity index (χ1v) is 30.7. The number of allylic oxidation sites excluding steroid dienone is 3. The number of likely N-dealkylation sites (N-methyl/N-ethyl adjacent to an activating group) is 1. The van der Waals surface area contributed by atoms with Crippen molar-refractivity contribution in [2.75, 3.05) is 50.0 Å². The second-order valence-electron chi connectivity index (χ2n) is 20.9. The van der Waals surface area contributed by atoms with Crippen LogP contribution >= 0.6 is 45.0 Å². The Balaban J connectivity index is 1.01. The maximum atomic E-state index is 14.4. The van der Waals surface area contributed by atoms with Crippen molar-refractivity contribution < 1.29 is 62.4 Å².